The molecule has 1 saturated heterocycles. The first-order valence-corrected chi connectivity index (χ1v) is 9.92. The zero-order chi connectivity index (χ0) is 18.8. The minimum absolute atomic E-state index is 0.0899. The average Bonchev–Trinajstić information content (AvgIpc) is 2.67. The fraction of sp³-hybridized carbons (Fsp3) is 0.591. The van der Waals surface area contributed by atoms with Gasteiger partial charge in [0.25, 0.3) is 0 Å². The van der Waals surface area contributed by atoms with Crippen LogP contribution in [0.15, 0.2) is 24.3 Å². The molecule has 0 atom stereocenters. The lowest BCUT2D eigenvalue weighted by atomic mass is 9.99. The first-order chi connectivity index (χ1) is 12.6. The van der Waals surface area contributed by atoms with E-state index in [1.807, 2.05) is 29.2 Å². The molecule has 0 bridgehead atoms. The van der Waals surface area contributed by atoms with Gasteiger partial charge in [0.1, 0.15) is 0 Å². The summed E-state index contributed by atoms with van der Waals surface area (Å²) in [7, 11) is 1.65. The van der Waals surface area contributed by atoms with Gasteiger partial charge in [-0.1, -0.05) is 39.2 Å². The third-order valence-corrected chi connectivity index (χ3v) is 4.96. The van der Waals surface area contributed by atoms with Crippen molar-refractivity contribution in [3.05, 3.63) is 29.8 Å². The Labute approximate surface area is 158 Å². The van der Waals surface area contributed by atoms with Gasteiger partial charge in [-0.05, 0) is 49.0 Å². The normalized spacial score (nSPS) is 15.4. The van der Waals surface area contributed by atoms with Gasteiger partial charge in [-0.15, -0.1) is 0 Å². The van der Waals surface area contributed by atoms with Crippen LogP contribution in [0.2, 0.25) is 0 Å². The Morgan fingerprint density at radius 1 is 1.19 bits per heavy atom. The predicted molar refractivity (Wildman–Crippen MR) is 107 cm³/mol. The molecule has 1 aliphatic heterocycles. The molecule has 1 heterocycles. The Morgan fingerprint density at radius 2 is 1.96 bits per heavy atom. The van der Waals surface area contributed by atoms with Gasteiger partial charge in [-0.2, -0.15) is 0 Å². The number of carbonyl (C=O) groups is 1. The minimum Gasteiger partial charge on any atom is -0.493 e. The highest BCUT2D eigenvalue weighted by molar-refractivity contribution is 5.91. The molecule has 4 heteroatoms. The monoisotopic (exact) mass is 359 g/mol. The highest BCUT2D eigenvalue weighted by Crippen LogP contribution is 2.29. The Bertz CT molecular complexity index is 589. The number of hydrogen-bond donors (Lipinski definition) is 0. The van der Waals surface area contributed by atoms with E-state index in [2.05, 4.69) is 13.8 Å². The van der Waals surface area contributed by atoms with Crippen LogP contribution in [-0.4, -0.2) is 37.6 Å². The molecule has 1 aromatic rings. The van der Waals surface area contributed by atoms with Crippen LogP contribution in [0.4, 0.5) is 0 Å². The molecule has 4 nitrogen and oxygen atoms in total. The first-order valence-electron chi connectivity index (χ1n) is 9.92. The largest absolute Gasteiger partial charge is 0.493 e. The average molecular weight is 360 g/mol. The molecule has 1 aromatic carbocycles. The topological polar surface area (TPSA) is 38.8 Å². The number of benzene rings is 1. The molecular weight excluding hydrogens is 326 g/mol. The van der Waals surface area contributed by atoms with E-state index in [1.165, 1.54) is 19.3 Å². The molecule has 0 spiro atoms. The number of hydrogen-bond acceptors (Lipinski definition) is 3. The fourth-order valence-corrected chi connectivity index (χ4v) is 3.12. The van der Waals surface area contributed by atoms with Crippen LogP contribution in [0.5, 0.6) is 11.5 Å². The lowest BCUT2D eigenvalue weighted by molar-refractivity contribution is -0.127. The maximum atomic E-state index is 12.3. The summed E-state index contributed by atoms with van der Waals surface area (Å²) < 4.78 is 11.3. The molecular formula is C22H33NO3. The second kappa shape index (κ2) is 10.9. The number of likely N-dealkylation sites (tertiary alicyclic amines) is 1. The maximum absolute atomic E-state index is 12.3. The minimum atomic E-state index is 0.0899. The Morgan fingerprint density at radius 3 is 2.65 bits per heavy atom. The number of rotatable bonds is 9. The summed E-state index contributed by atoms with van der Waals surface area (Å²) in [5.41, 5.74) is 0.943. The third-order valence-electron chi connectivity index (χ3n) is 4.96. The van der Waals surface area contributed by atoms with Crippen LogP contribution in [0.1, 0.15) is 57.9 Å². The van der Waals surface area contributed by atoms with Gasteiger partial charge in [0.2, 0.25) is 5.91 Å². The van der Waals surface area contributed by atoms with Gasteiger partial charge < -0.3 is 14.4 Å². The lowest BCUT2D eigenvalue weighted by Crippen LogP contribution is -2.36. The van der Waals surface area contributed by atoms with Crippen LogP contribution >= 0.6 is 0 Å². The summed E-state index contributed by atoms with van der Waals surface area (Å²) in [5.74, 6) is 2.29. The Balaban J connectivity index is 1.90. The second-order valence-corrected chi connectivity index (χ2v) is 7.16. The van der Waals surface area contributed by atoms with E-state index in [1.54, 1.807) is 13.2 Å². The number of piperidine rings is 1. The Kier molecular flexibility index (Phi) is 8.52. The number of ether oxygens (including phenoxy) is 2. The van der Waals surface area contributed by atoms with Gasteiger partial charge in [0, 0.05) is 19.2 Å². The van der Waals surface area contributed by atoms with Gasteiger partial charge >= 0.3 is 0 Å². The zero-order valence-corrected chi connectivity index (χ0v) is 16.5. The fourth-order valence-electron chi connectivity index (χ4n) is 3.12. The van der Waals surface area contributed by atoms with E-state index < -0.39 is 0 Å². The molecule has 1 aliphatic rings. The summed E-state index contributed by atoms with van der Waals surface area (Å²) in [4.78, 5) is 14.2. The molecule has 1 fully saturated rings. The molecule has 0 aliphatic carbocycles. The van der Waals surface area contributed by atoms with Crippen LogP contribution < -0.4 is 9.47 Å². The Hall–Kier alpha value is -1.97. The predicted octanol–water partition coefficient (Wildman–Crippen LogP) is 4.93. The van der Waals surface area contributed by atoms with Crippen molar-refractivity contribution in [1.29, 1.82) is 0 Å². The summed E-state index contributed by atoms with van der Waals surface area (Å²) in [6.45, 7) is 6.87. The van der Waals surface area contributed by atoms with Crippen molar-refractivity contribution in [3.8, 4) is 11.5 Å². The van der Waals surface area contributed by atoms with Crippen molar-refractivity contribution in [2.24, 2.45) is 5.92 Å². The van der Waals surface area contributed by atoms with Gasteiger partial charge in [-0.3, -0.25) is 4.79 Å². The number of carbonyl (C=O) groups excluding carboxylic acids is 1. The van der Waals surface area contributed by atoms with Crippen molar-refractivity contribution in [2.45, 2.75) is 52.4 Å². The van der Waals surface area contributed by atoms with Crippen LogP contribution in [0, 0.1) is 5.92 Å². The molecule has 144 valence electrons. The number of amides is 1. The van der Waals surface area contributed by atoms with Crippen molar-refractivity contribution in [1.82, 2.24) is 4.90 Å². The molecule has 1 amide bonds. The SMILES string of the molecule is CCCCCCOc1ccc(/C=C/C(=O)N2CCC(C)CC2)cc1OC. The van der Waals surface area contributed by atoms with Gasteiger partial charge in [0.05, 0.1) is 13.7 Å². The summed E-state index contributed by atoms with van der Waals surface area (Å²) in [5, 5.41) is 0. The zero-order valence-electron chi connectivity index (χ0n) is 16.5. The van der Waals surface area contributed by atoms with Crippen LogP contribution in [-0.2, 0) is 4.79 Å². The number of unbranched alkanes of at least 4 members (excludes halogenated alkanes) is 3. The highest BCUT2D eigenvalue weighted by atomic mass is 16.5. The van der Waals surface area contributed by atoms with E-state index in [0.717, 1.165) is 49.6 Å². The van der Waals surface area contributed by atoms with Crippen molar-refractivity contribution in [3.63, 3.8) is 0 Å². The van der Waals surface area contributed by atoms with Crippen molar-refractivity contribution < 1.29 is 14.3 Å². The second-order valence-electron chi connectivity index (χ2n) is 7.16. The van der Waals surface area contributed by atoms with E-state index >= 15 is 0 Å². The number of methoxy groups -OCH3 is 1. The molecule has 0 radical (unpaired) electrons. The number of nitrogens with zero attached hydrogens (tertiary/aromatic N) is 1. The third kappa shape index (κ3) is 6.40. The smallest absolute Gasteiger partial charge is 0.246 e. The standard InChI is InChI=1S/C22H33NO3/c1-4-5-6-7-16-26-20-10-8-19(17-21(20)25-3)9-11-22(24)23-14-12-18(2)13-15-23/h8-11,17-18H,4-7,12-16H2,1-3H3/b11-9+. The highest BCUT2D eigenvalue weighted by Gasteiger charge is 2.18. The van der Waals surface area contributed by atoms with Gasteiger partial charge in [0.15, 0.2) is 11.5 Å². The van der Waals surface area contributed by atoms with E-state index in [4.69, 9.17) is 9.47 Å². The van der Waals surface area contributed by atoms with Crippen LogP contribution in [0.25, 0.3) is 6.08 Å². The van der Waals surface area contributed by atoms with E-state index in [0.29, 0.717) is 12.4 Å². The van der Waals surface area contributed by atoms with Crippen molar-refractivity contribution >= 4 is 12.0 Å². The molecule has 0 saturated carbocycles. The molecule has 26 heavy (non-hydrogen) atoms. The summed E-state index contributed by atoms with van der Waals surface area (Å²) in [6, 6.07) is 5.81. The summed E-state index contributed by atoms with van der Waals surface area (Å²) in [6.07, 6.45) is 10.4. The lowest BCUT2D eigenvalue weighted by Gasteiger charge is -2.29. The molecule has 0 unspecified atom stereocenters. The molecule has 0 N–H and O–H groups in total. The quantitative estimate of drug-likeness (QED) is 0.464. The summed E-state index contributed by atoms with van der Waals surface area (Å²) >= 11 is 0. The molecule has 2 rings (SSSR count). The first kappa shape index (κ1) is 20.3. The maximum Gasteiger partial charge on any atom is 0.246 e. The van der Waals surface area contributed by atoms with Gasteiger partial charge in [-0.25, -0.2) is 0 Å². The molecule has 0 aromatic heterocycles. The van der Waals surface area contributed by atoms with E-state index in [9.17, 15) is 4.79 Å². The van der Waals surface area contributed by atoms with Crippen molar-refractivity contribution in [2.75, 3.05) is 26.8 Å². The van der Waals surface area contributed by atoms with Crippen LogP contribution in [0.3, 0.4) is 0 Å². The van der Waals surface area contributed by atoms with E-state index in [-0.39, 0.29) is 5.91 Å².